The Hall–Kier alpha value is -1.18. The molecule has 0 fully saturated rings. The normalized spacial score (nSPS) is 10.0. The van der Waals surface area contributed by atoms with E-state index in [0.717, 1.165) is 14.8 Å². The summed E-state index contributed by atoms with van der Waals surface area (Å²) in [4.78, 5) is 12.1. The lowest BCUT2D eigenvalue weighted by atomic mass is 10.2. The minimum atomic E-state index is -0.245. The van der Waals surface area contributed by atoms with Crippen LogP contribution < -0.4 is 10.6 Å². The maximum atomic E-state index is 12.1. The third-order valence-electron chi connectivity index (χ3n) is 2.76. The molecule has 2 N–H and O–H groups in total. The first-order chi connectivity index (χ1) is 9.95. The molecule has 6 heteroatoms. The van der Waals surface area contributed by atoms with Gasteiger partial charge in [-0.1, -0.05) is 23.7 Å². The molecular formula is C15H12ClIN2OS. The monoisotopic (exact) mass is 430 g/mol. The summed E-state index contributed by atoms with van der Waals surface area (Å²) in [6.45, 7) is 1.93. The molecule has 0 heterocycles. The van der Waals surface area contributed by atoms with E-state index in [4.69, 9.17) is 23.8 Å². The van der Waals surface area contributed by atoms with Crippen LogP contribution in [-0.4, -0.2) is 11.0 Å². The first-order valence-electron chi connectivity index (χ1n) is 6.10. The minimum absolute atomic E-state index is 0.240. The van der Waals surface area contributed by atoms with E-state index in [9.17, 15) is 4.79 Å². The second kappa shape index (κ2) is 7.20. The van der Waals surface area contributed by atoms with E-state index in [1.165, 1.54) is 0 Å². The molecule has 0 aliphatic rings. The van der Waals surface area contributed by atoms with E-state index in [1.54, 1.807) is 24.3 Å². The maximum absolute atomic E-state index is 12.1. The number of rotatable bonds is 2. The maximum Gasteiger partial charge on any atom is 0.257 e. The van der Waals surface area contributed by atoms with E-state index in [0.29, 0.717) is 10.6 Å². The number of carbonyl (C=O) groups is 1. The van der Waals surface area contributed by atoms with Crippen molar-refractivity contribution in [1.82, 2.24) is 5.32 Å². The van der Waals surface area contributed by atoms with E-state index < -0.39 is 0 Å². The van der Waals surface area contributed by atoms with Gasteiger partial charge in [0, 0.05) is 19.8 Å². The third-order valence-corrected chi connectivity index (χ3v) is 3.87. The fourth-order valence-electron chi connectivity index (χ4n) is 1.69. The van der Waals surface area contributed by atoms with Crippen molar-refractivity contribution < 1.29 is 4.79 Å². The number of nitrogens with one attached hydrogen (secondary N) is 2. The molecule has 0 atom stereocenters. The topological polar surface area (TPSA) is 41.1 Å². The molecule has 2 aromatic rings. The molecule has 0 saturated heterocycles. The van der Waals surface area contributed by atoms with Crippen molar-refractivity contribution in [3.8, 4) is 0 Å². The molecule has 2 rings (SSSR count). The van der Waals surface area contributed by atoms with Crippen LogP contribution in [0.15, 0.2) is 42.5 Å². The number of halogens is 2. The van der Waals surface area contributed by atoms with Gasteiger partial charge in [0.15, 0.2) is 5.11 Å². The predicted octanol–water partition coefficient (Wildman–Crippen LogP) is 4.38. The van der Waals surface area contributed by atoms with Crippen molar-refractivity contribution in [3.05, 3.63) is 62.2 Å². The van der Waals surface area contributed by atoms with Crippen molar-refractivity contribution in [3.63, 3.8) is 0 Å². The van der Waals surface area contributed by atoms with Gasteiger partial charge in [-0.3, -0.25) is 10.1 Å². The highest BCUT2D eigenvalue weighted by Gasteiger charge is 2.09. The quantitative estimate of drug-likeness (QED) is 0.549. The number of aryl methyl sites for hydroxylation is 1. The fourth-order valence-corrected chi connectivity index (χ4v) is 2.61. The minimum Gasteiger partial charge on any atom is -0.332 e. The Morgan fingerprint density at radius 3 is 2.71 bits per heavy atom. The molecule has 0 spiro atoms. The first kappa shape index (κ1) is 16.2. The Balaban J connectivity index is 2.05. The first-order valence-corrected chi connectivity index (χ1v) is 7.96. The van der Waals surface area contributed by atoms with Crippen LogP contribution in [0.5, 0.6) is 0 Å². The van der Waals surface area contributed by atoms with Crippen LogP contribution in [0, 0.1) is 10.5 Å². The summed E-state index contributed by atoms with van der Waals surface area (Å²) in [6, 6.07) is 12.7. The van der Waals surface area contributed by atoms with Crippen LogP contribution in [0.3, 0.4) is 0 Å². The average molecular weight is 431 g/mol. The van der Waals surface area contributed by atoms with E-state index in [1.807, 2.05) is 25.1 Å². The number of thiocarbonyl (C=S) groups is 1. The van der Waals surface area contributed by atoms with Gasteiger partial charge in [-0.15, -0.1) is 0 Å². The molecule has 3 nitrogen and oxygen atoms in total. The number of hydrogen-bond donors (Lipinski definition) is 2. The van der Waals surface area contributed by atoms with Gasteiger partial charge in [-0.25, -0.2) is 0 Å². The van der Waals surface area contributed by atoms with Gasteiger partial charge in [0.1, 0.15) is 0 Å². The molecule has 21 heavy (non-hydrogen) atoms. The summed E-state index contributed by atoms with van der Waals surface area (Å²) in [5.41, 5.74) is 2.33. The lowest BCUT2D eigenvalue weighted by Gasteiger charge is -2.12. The number of benzene rings is 2. The zero-order chi connectivity index (χ0) is 15.4. The second-order valence-corrected chi connectivity index (χ2v) is 6.47. The standard InChI is InChI=1S/C15H12ClIN2OS/c1-9-5-6-11(16)8-13(9)18-15(21)19-14(20)10-3-2-4-12(17)7-10/h2-8H,1H3,(H2,18,19,20,21). The highest BCUT2D eigenvalue weighted by molar-refractivity contribution is 14.1. The van der Waals surface area contributed by atoms with Crippen LogP contribution in [0.25, 0.3) is 0 Å². The van der Waals surface area contributed by atoms with Crippen molar-refractivity contribution in [2.75, 3.05) is 5.32 Å². The van der Waals surface area contributed by atoms with E-state index in [-0.39, 0.29) is 11.0 Å². The van der Waals surface area contributed by atoms with Gasteiger partial charge < -0.3 is 5.32 Å². The van der Waals surface area contributed by atoms with Crippen molar-refractivity contribution in [2.45, 2.75) is 6.92 Å². The Bertz CT molecular complexity index is 706. The molecular weight excluding hydrogens is 419 g/mol. The highest BCUT2D eigenvalue weighted by Crippen LogP contribution is 2.20. The summed E-state index contributed by atoms with van der Waals surface area (Å²) >= 11 is 13.3. The number of carbonyl (C=O) groups excluding carboxylic acids is 1. The van der Waals surface area contributed by atoms with Gasteiger partial charge in [0.25, 0.3) is 5.91 Å². The predicted molar refractivity (Wildman–Crippen MR) is 99.0 cm³/mol. The molecule has 1 amide bonds. The van der Waals surface area contributed by atoms with E-state index >= 15 is 0 Å². The molecule has 0 radical (unpaired) electrons. The molecule has 2 aromatic carbocycles. The molecule has 0 aliphatic heterocycles. The van der Waals surface area contributed by atoms with Crippen LogP contribution in [-0.2, 0) is 0 Å². The Kier molecular flexibility index (Phi) is 5.55. The lowest BCUT2D eigenvalue weighted by molar-refractivity contribution is 0.0977. The molecule has 0 aliphatic carbocycles. The van der Waals surface area contributed by atoms with Crippen LogP contribution >= 0.6 is 46.4 Å². The largest absolute Gasteiger partial charge is 0.332 e. The lowest BCUT2D eigenvalue weighted by Crippen LogP contribution is -2.34. The SMILES string of the molecule is Cc1ccc(Cl)cc1NC(=S)NC(=O)c1cccc(I)c1. The molecule has 0 unspecified atom stereocenters. The van der Waals surface area contributed by atoms with Crippen molar-refractivity contribution in [1.29, 1.82) is 0 Å². The smallest absolute Gasteiger partial charge is 0.257 e. The van der Waals surface area contributed by atoms with Crippen molar-refractivity contribution in [2.24, 2.45) is 0 Å². The third kappa shape index (κ3) is 4.66. The molecule has 0 aromatic heterocycles. The summed E-state index contributed by atoms with van der Waals surface area (Å²) < 4.78 is 0.991. The number of anilines is 1. The van der Waals surface area contributed by atoms with Gasteiger partial charge in [-0.05, 0) is 77.6 Å². The summed E-state index contributed by atoms with van der Waals surface area (Å²) in [5.74, 6) is -0.245. The van der Waals surface area contributed by atoms with Gasteiger partial charge in [0.05, 0.1) is 0 Å². The van der Waals surface area contributed by atoms with Gasteiger partial charge >= 0.3 is 0 Å². The van der Waals surface area contributed by atoms with Crippen molar-refractivity contribution >= 4 is 63.1 Å². The van der Waals surface area contributed by atoms with Gasteiger partial charge in [0.2, 0.25) is 0 Å². The summed E-state index contributed by atoms with van der Waals surface area (Å²) in [5, 5.41) is 6.48. The molecule has 0 saturated carbocycles. The Labute approximate surface area is 147 Å². The molecule has 108 valence electrons. The van der Waals surface area contributed by atoms with Crippen LogP contribution in [0.4, 0.5) is 5.69 Å². The zero-order valence-corrected chi connectivity index (χ0v) is 14.8. The van der Waals surface area contributed by atoms with Crippen LogP contribution in [0.1, 0.15) is 15.9 Å². The fraction of sp³-hybridized carbons (Fsp3) is 0.0667. The summed E-state index contributed by atoms with van der Waals surface area (Å²) in [7, 11) is 0. The molecule has 0 bridgehead atoms. The Morgan fingerprint density at radius 2 is 2.00 bits per heavy atom. The van der Waals surface area contributed by atoms with Gasteiger partial charge in [-0.2, -0.15) is 0 Å². The summed E-state index contributed by atoms with van der Waals surface area (Å²) in [6.07, 6.45) is 0. The Morgan fingerprint density at radius 1 is 1.24 bits per heavy atom. The average Bonchev–Trinajstić information content (AvgIpc) is 2.42. The number of hydrogen-bond acceptors (Lipinski definition) is 2. The highest BCUT2D eigenvalue weighted by atomic mass is 127. The second-order valence-electron chi connectivity index (χ2n) is 4.38. The van der Waals surface area contributed by atoms with Crippen LogP contribution in [0.2, 0.25) is 5.02 Å². The van der Waals surface area contributed by atoms with E-state index in [2.05, 4.69) is 33.2 Å². The zero-order valence-electron chi connectivity index (χ0n) is 11.1. The number of amides is 1.